The van der Waals surface area contributed by atoms with Gasteiger partial charge in [0.05, 0.1) is 0 Å². The monoisotopic (exact) mass is 353 g/mol. The fourth-order valence-electron chi connectivity index (χ4n) is 2.37. The molecule has 0 heterocycles. The van der Waals surface area contributed by atoms with Crippen molar-refractivity contribution in [2.75, 3.05) is 0 Å². The van der Waals surface area contributed by atoms with E-state index in [0.717, 1.165) is 17.4 Å². The first-order valence-electron chi connectivity index (χ1n) is 7.86. The molecule has 0 unspecified atom stereocenters. The Balaban J connectivity index is -0.000000294. The van der Waals surface area contributed by atoms with Crippen molar-refractivity contribution in [2.45, 2.75) is 80.1 Å². The van der Waals surface area contributed by atoms with E-state index in [9.17, 15) is 19.8 Å². The van der Waals surface area contributed by atoms with Crippen LogP contribution in [0, 0.1) is 10.8 Å². The number of rotatable bonds is 8. The SMILES string of the molecule is CCC(CC)(CC)C(=O)[O-].CCC(CC)(CC)C(=O)[O-].[O]=[V+2]. The first-order chi connectivity index (χ1) is 10.3. The average Bonchev–Trinajstić information content (AvgIpc) is 2.54. The normalized spacial score (nSPS) is 10.7. The number of carboxylic acids is 2. The molecule has 0 spiro atoms. The van der Waals surface area contributed by atoms with Crippen molar-refractivity contribution in [3.05, 3.63) is 0 Å². The molecule has 0 saturated heterocycles. The zero-order valence-corrected chi connectivity index (χ0v) is 16.1. The van der Waals surface area contributed by atoms with Crippen LogP contribution >= 0.6 is 0 Å². The molecule has 129 valence electrons. The van der Waals surface area contributed by atoms with Gasteiger partial charge in [-0.3, -0.25) is 0 Å². The van der Waals surface area contributed by atoms with Gasteiger partial charge in [-0.1, -0.05) is 41.5 Å². The first kappa shape index (κ1) is 26.2. The van der Waals surface area contributed by atoms with Crippen LogP contribution in [0.5, 0.6) is 0 Å². The minimum atomic E-state index is -0.903. The Kier molecular flexibility index (Phi) is 16.6. The summed E-state index contributed by atoms with van der Waals surface area (Å²) in [5.41, 5.74) is -1.14. The summed E-state index contributed by atoms with van der Waals surface area (Å²) in [6, 6.07) is 0. The van der Waals surface area contributed by atoms with E-state index in [2.05, 4.69) is 0 Å². The van der Waals surface area contributed by atoms with Gasteiger partial charge < -0.3 is 19.8 Å². The number of carboxylic acid groups (broad SMARTS) is 2. The summed E-state index contributed by atoms with van der Waals surface area (Å²) in [5, 5.41) is 21.2. The van der Waals surface area contributed by atoms with Crippen LogP contribution in [-0.4, -0.2) is 11.9 Å². The van der Waals surface area contributed by atoms with Crippen molar-refractivity contribution < 1.29 is 40.8 Å². The second-order valence-corrected chi connectivity index (χ2v) is 5.26. The average molecular weight is 353 g/mol. The molecule has 0 aromatic rings. The van der Waals surface area contributed by atoms with E-state index in [-0.39, 0.29) is 0 Å². The van der Waals surface area contributed by atoms with Crippen LogP contribution in [0.25, 0.3) is 0 Å². The summed E-state index contributed by atoms with van der Waals surface area (Å²) in [4.78, 5) is 21.2. The van der Waals surface area contributed by atoms with Crippen molar-refractivity contribution >= 4 is 11.9 Å². The molecular formula is C16H30O5V. The molecule has 0 rings (SSSR count). The van der Waals surface area contributed by atoms with Gasteiger partial charge in [0.2, 0.25) is 0 Å². The van der Waals surface area contributed by atoms with E-state index in [1.54, 1.807) is 0 Å². The fraction of sp³-hybridized carbons (Fsp3) is 0.875. The topological polar surface area (TPSA) is 97.3 Å². The van der Waals surface area contributed by atoms with Crippen LogP contribution in [0.1, 0.15) is 80.1 Å². The number of hydrogen-bond donors (Lipinski definition) is 0. The molecular weight excluding hydrogens is 323 g/mol. The van der Waals surface area contributed by atoms with Crippen LogP contribution < -0.4 is 10.2 Å². The summed E-state index contributed by atoms with van der Waals surface area (Å²) in [5.74, 6) is -1.81. The summed E-state index contributed by atoms with van der Waals surface area (Å²) in [7, 11) is 0. The Morgan fingerprint density at radius 2 is 0.773 bits per heavy atom. The van der Waals surface area contributed by atoms with Gasteiger partial charge in [-0.15, -0.1) is 0 Å². The Labute approximate surface area is 144 Å². The summed E-state index contributed by atoms with van der Waals surface area (Å²) < 4.78 is 8.19. The zero-order valence-electron chi connectivity index (χ0n) is 14.7. The summed E-state index contributed by atoms with van der Waals surface area (Å²) in [6.07, 6.45) is 4.01. The molecule has 0 aliphatic heterocycles. The van der Waals surface area contributed by atoms with Gasteiger partial charge in [-0.05, 0) is 38.5 Å². The number of hydrogen-bond acceptors (Lipinski definition) is 5. The van der Waals surface area contributed by atoms with E-state index in [4.69, 9.17) is 3.67 Å². The van der Waals surface area contributed by atoms with E-state index >= 15 is 0 Å². The van der Waals surface area contributed by atoms with Gasteiger partial charge in [0.25, 0.3) is 0 Å². The molecule has 0 amide bonds. The van der Waals surface area contributed by atoms with Gasteiger partial charge in [-0.25, -0.2) is 0 Å². The van der Waals surface area contributed by atoms with Crippen molar-refractivity contribution in [3.63, 3.8) is 0 Å². The molecule has 0 aliphatic rings. The second-order valence-electron chi connectivity index (χ2n) is 5.26. The maximum atomic E-state index is 10.6. The first-order valence-corrected chi connectivity index (χ1v) is 8.43. The van der Waals surface area contributed by atoms with Crippen molar-refractivity contribution in [1.82, 2.24) is 0 Å². The molecule has 6 heteroatoms. The van der Waals surface area contributed by atoms with Crippen LogP contribution in [-0.2, 0) is 30.6 Å². The minimum absolute atomic E-state index is 0.569. The van der Waals surface area contributed by atoms with E-state index in [1.807, 2.05) is 41.5 Å². The molecule has 0 saturated carbocycles. The van der Waals surface area contributed by atoms with Gasteiger partial charge in [0.15, 0.2) is 0 Å². The van der Waals surface area contributed by atoms with Gasteiger partial charge in [0, 0.05) is 22.8 Å². The van der Waals surface area contributed by atoms with Gasteiger partial charge in [-0.2, -0.15) is 0 Å². The number of carbonyl (C=O) groups is 2. The van der Waals surface area contributed by atoms with E-state index < -0.39 is 22.8 Å². The summed E-state index contributed by atoms with van der Waals surface area (Å²) >= 11 is 1.06. The Morgan fingerprint density at radius 1 is 0.636 bits per heavy atom. The predicted molar refractivity (Wildman–Crippen MR) is 77.3 cm³/mol. The Morgan fingerprint density at radius 3 is 0.773 bits per heavy atom. The molecule has 0 radical (unpaired) electrons. The molecule has 0 aliphatic carbocycles. The maximum absolute atomic E-state index is 10.6. The molecule has 0 fully saturated rings. The number of carbonyl (C=O) groups excluding carboxylic acids is 2. The van der Waals surface area contributed by atoms with Crippen LogP contribution in [0.4, 0.5) is 0 Å². The zero-order chi connectivity index (χ0) is 18.4. The van der Waals surface area contributed by atoms with Crippen molar-refractivity contribution in [2.24, 2.45) is 10.8 Å². The van der Waals surface area contributed by atoms with Gasteiger partial charge >= 0.3 is 21.0 Å². The van der Waals surface area contributed by atoms with Crippen LogP contribution in [0.3, 0.4) is 0 Å². The standard InChI is InChI=1S/2C8H16O2.O.V/c2*1-4-8(5-2,6-3)7(9)10;;/h2*4-6H2,1-3H3,(H,9,10);;/q;;;+2/p-2. The Hall–Kier alpha value is -0.676. The molecule has 0 aromatic heterocycles. The van der Waals surface area contributed by atoms with Crippen molar-refractivity contribution in [3.8, 4) is 0 Å². The van der Waals surface area contributed by atoms with Gasteiger partial charge in [0.1, 0.15) is 0 Å². The third-order valence-electron chi connectivity index (χ3n) is 4.93. The fourth-order valence-corrected chi connectivity index (χ4v) is 2.37. The summed E-state index contributed by atoms with van der Waals surface area (Å²) in [6.45, 7) is 11.3. The van der Waals surface area contributed by atoms with Crippen molar-refractivity contribution in [1.29, 1.82) is 0 Å². The predicted octanol–water partition coefficient (Wildman–Crippen LogP) is 1.78. The third-order valence-corrected chi connectivity index (χ3v) is 4.93. The quantitative estimate of drug-likeness (QED) is 0.662. The molecule has 5 nitrogen and oxygen atoms in total. The third kappa shape index (κ3) is 7.55. The van der Waals surface area contributed by atoms with E-state index in [1.165, 1.54) is 0 Å². The van der Waals surface area contributed by atoms with Crippen LogP contribution in [0.2, 0.25) is 0 Å². The Bertz CT molecular complexity index is 263. The van der Waals surface area contributed by atoms with Crippen LogP contribution in [0.15, 0.2) is 0 Å². The number of aliphatic carboxylic acids is 2. The molecule has 0 aromatic carbocycles. The molecule has 0 atom stereocenters. The molecule has 0 bridgehead atoms. The molecule has 0 N–H and O–H groups in total. The molecule has 22 heavy (non-hydrogen) atoms. The second kappa shape index (κ2) is 14.0. The van der Waals surface area contributed by atoms with E-state index in [0.29, 0.717) is 38.5 Å².